The first-order chi connectivity index (χ1) is 10.2. The molecule has 21 heavy (non-hydrogen) atoms. The van der Waals surface area contributed by atoms with E-state index in [2.05, 4.69) is 4.98 Å². The van der Waals surface area contributed by atoms with E-state index in [1.807, 2.05) is 30.3 Å². The third-order valence-electron chi connectivity index (χ3n) is 3.21. The van der Waals surface area contributed by atoms with Gasteiger partial charge in [0, 0.05) is 10.9 Å². The topological polar surface area (TPSA) is 59.4 Å². The highest BCUT2D eigenvalue weighted by Crippen LogP contribution is 2.19. The molecule has 0 fully saturated rings. The molecule has 0 saturated carbocycles. The SMILES string of the molecule is O=C(O)c1ccccc1COc1cnc2ccccc2c1. The number of pyridine rings is 1. The Morgan fingerprint density at radius 2 is 1.86 bits per heavy atom. The van der Waals surface area contributed by atoms with Gasteiger partial charge in [-0.2, -0.15) is 0 Å². The van der Waals surface area contributed by atoms with E-state index in [1.54, 1.807) is 30.5 Å². The summed E-state index contributed by atoms with van der Waals surface area (Å²) in [6.07, 6.45) is 1.64. The summed E-state index contributed by atoms with van der Waals surface area (Å²) in [5.41, 5.74) is 1.79. The molecule has 0 aliphatic carbocycles. The smallest absolute Gasteiger partial charge is 0.336 e. The van der Waals surface area contributed by atoms with Crippen molar-refractivity contribution in [3.63, 3.8) is 0 Å². The lowest BCUT2D eigenvalue weighted by Crippen LogP contribution is -2.05. The van der Waals surface area contributed by atoms with Gasteiger partial charge in [0.2, 0.25) is 0 Å². The van der Waals surface area contributed by atoms with Gasteiger partial charge in [-0.3, -0.25) is 4.98 Å². The summed E-state index contributed by atoms with van der Waals surface area (Å²) >= 11 is 0. The van der Waals surface area contributed by atoms with E-state index in [-0.39, 0.29) is 12.2 Å². The van der Waals surface area contributed by atoms with Gasteiger partial charge in [0.15, 0.2) is 0 Å². The zero-order valence-corrected chi connectivity index (χ0v) is 11.2. The van der Waals surface area contributed by atoms with Crippen LogP contribution in [-0.4, -0.2) is 16.1 Å². The molecule has 0 atom stereocenters. The van der Waals surface area contributed by atoms with Crippen LogP contribution < -0.4 is 4.74 Å². The first-order valence-corrected chi connectivity index (χ1v) is 6.53. The van der Waals surface area contributed by atoms with Gasteiger partial charge in [0.1, 0.15) is 12.4 Å². The number of benzene rings is 2. The fourth-order valence-corrected chi connectivity index (χ4v) is 2.15. The van der Waals surface area contributed by atoms with Crippen molar-refractivity contribution in [3.05, 3.63) is 71.9 Å². The van der Waals surface area contributed by atoms with Crippen LogP contribution in [-0.2, 0) is 6.61 Å². The molecule has 0 aliphatic rings. The molecule has 4 heteroatoms. The van der Waals surface area contributed by atoms with Crippen LogP contribution in [0.4, 0.5) is 0 Å². The highest BCUT2D eigenvalue weighted by molar-refractivity contribution is 5.89. The number of para-hydroxylation sites is 1. The Balaban J connectivity index is 1.82. The van der Waals surface area contributed by atoms with Crippen molar-refractivity contribution >= 4 is 16.9 Å². The molecule has 1 heterocycles. The second-order valence-corrected chi connectivity index (χ2v) is 4.61. The Bertz CT molecular complexity index is 799. The number of hydrogen-bond acceptors (Lipinski definition) is 3. The fraction of sp³-hybridized carbons (Fsp3) is 0.0588. The van der Waals surface area contributed by atoms with Crippen molar-refractivity contribution < 1.29 is 14.6 Å². The molecule has 0 saturated heterocycles. The summed E-state index contributed by atoms with van der Waals surface area (Å²) in [6.45, 7) is 0.197. The first kappa shape index (κ1) is 13.1. The highest BCUT2D eigenvalue weighted by atomic mass is 16.5. The number of ether oxygens (including phenoxy) is 1. The predicted octanol–water partition coefficient (Wildman–Crippen LogP) is 3.51. The normalized spacial score (nSPS) is 10.5. The van der Waals surface area contributed by atoms with Crippen molar-refractivity contribution in [1.82, 2.24) is 4.98 Å². The van der Waals surface area contributed by atoms with E-state index in [1.165, 1.54) is 0 Å². The van der Waals surface area contributed by atoms with Gasteiger partial charge < -0.3 is 9.84 Å². The molecule has 0 amide bonds. The van der Waals surface area contributed by atoms with Gasteiger partial charge >= 0.3 is 5.97 Å². The summed E-state index contributed by atoms with van der Waals surface area (Å²) in [5.74, 6) is -0.334. The number of aromatic nitrogens is 1. The summed E-state index contributed by atoms with van der Waals surface area (Å²) in [6, 6.07) is 16.5. The van der Waals surface area contributed by atoms with Crippen molar-refractivity contribution in [2.24, 2.45) is 0 Å². The maximum atomic E-state index is 11.1. The summed E-state index contributed by atoms with van der Waals surface area (Å²) < 4.78 is 5.67. The Morgan fingerprint density at radius 3 is 2.71 bits per heavy atom. The molecule has 0 aliphatic heterocycles. The maximum absolute atomic E-state index is 11.1. The van der Waals surface area contributed by atoms with Gasteiger partial charge in [-0.05, 0) is 18.2 Å². The second-order valence-electron chi connectivity index (χ2n) is 4.61. The monoisotopic (exact) mass is 279 g/mol. The first-order valence-electron chi connectivity index (χ1n) is 6.53. The highest BCUT2D eigenvalue weighted by Gasteiger charge is 2.09. The van der Waals surface area contributed by atoms with E-state index in [4.69, 9.17) is 9.84 Å². The van der Waals surface area contributed by atoms with Crippen LogP contribution in [0.15, 0.2) is 60.8 Å². The molecule has 0 bridgehead atoms. The minimum absolute atomic E-state index is 0.197. The van der Waals surface area contributed by atoms with Crippen molar-refractivity contribution in [2.45, 2.75) is 6.61 Å². The third-order valence-corrected chi connectivity index (χ3v) is 3.21. The summed E-state index contributed by atoms with van der Waals surface area (Å²) in [5, 5.41) is 10.1. The van der Waals surface area contributed by atoms with E-state index in [9.17, 15) is 4.79 Å². The van der Waals surface area contributed by atoms with Gasteiger partial charge in [-0.15, -0.1) is 0 Å². The average molecular weight is 279 g/mol. The van der Waals surface area contributed by atoms with Crippen LogP contribution in [0.3, 0.4) is 0 Å². The lowest BCUT2D eigenvalue weighted by atomic mass is 10.1. The standard InChI is InChI=1S/C17H13NO3/c19-17(20)15-7-3-1-6-13(15)11-21-14-9-12-5-2-4-8-16(12)18-10-14/h1-10H,11H2,(H,19,20). The van der Waals surface area contributed by atoms with Crippen LogP contribution in [0.5, 0.6) is 5.75 Å². The fourth-order valence-electron chi connectivity index (χ4n) is 2.15. The molecule has 1 N–H and O–H groups in total. The van der Waals surface area contributed by atoms with Crippen LogP contribution >= 0.6 is 0 Å². The number of carboxylic acid groups (broad SMARTS) is 1. The molecule has 3 aromatic rings. The number of carboxylic acids is 1. The van der Waals surface area contributed by atoms with Crippen LogP contribution in [0, 0.1) is 0 Å². The minimum atomic E-state index is -0.953. The van der Waals surface area contributed by atoms with Crippen molar-refractivity contribution in [3.8, 4) is 5.75 Å². The predicted molar refractivity (Wildman–Crippen MR) is 79.5 cm³/mol. The molecule has 104 valence electrons. The molecular weight excluding hydrogens is 266 g/mol. The largest absolute Gasteiger partial charge is 0.487 e. The minimum Gasteiger partial charge on any atom is -0.487 e. The number of rotatable bonds is 4. The Morgan fingerprint density at radius 1 is 1.10 bits per heavy atom. The van der Waals surface area contributed by atoms with Crippen LogP contribution in [0.2, 0.25) is 0 Å². The molecule has 3 rings (SSSR count). The quantitative estimate of drug-likeness (QED) is 0.794. The number of nitrogens with zero attached hydrogens (tertiary/aromatic N) is 1. The van der Waals surface area contributed by atoms with Crippen molar-refractivity contribution in [1.29, 1.82) is 0 Å². The Labute approximate surface area is 121 Å². The zero-order valence-electron chi connectivity index (χ0n) is 11.2. The summed E-state index contributed by atoms with van der Waals surface area (Å²) in [7, 11) is 0. The molecule has 0 unspecified atom stereocenters. The van der Waals surface area contributed by atoms with E-state index in [0.29, 0.717) is 11.3 Å². The third kappa shape index (κ3) is 2.84. The lowest BCUT2D eigenvalue weighted by molar-refractivity contribution is 0.0694. The van der Waals surface area contributed by atoms with Crippen molar-refractivity contribution in [2.75, 3.05) is 0 Å². The Kier molecular flexibility index (Phi) is 3.51. The van der Waals surface area contributed by atoms with E-state index in [0.717, 1.165) is 10.9 Å². The molecule has 4 nitrogen and oxygen atoms in total. The van der Waals surface area contributed by atoms with Gasteiger partial charge in [0.25, 0.3) is 0 Å². The van der Waals surface area contributed by atoms with Gasteiger partial charge in [-0.1, -0.05) is 36.4 Å². The number of carbonyl (C=O) groups is 1. The number of hydrogen-bond donors (Lipinski definition) is 1. The molecular formula is C17H13NO3. The van der Waals surface area contributed by atoms with Crippen LogP contribution in [0.25, 0.3) is 10.9 Å². The number of fused-ring (bicyclic) bond motifs is 1. The number of aromatic carboxylic acids is 1. The zero-order chi connectivity index (χ0) is 14.7. The van der Waals surface area contributed by atoms with E-state index >= 15 is 0 Å². The lowest BCUT2D eigenvalue weighted by Gasteiger charge is -2.09. The van der Waals surface area contributed by atoms with Gasteiger partial charge in [-0.25, -0.2) is 4.79 Å². The van der Waals surface area contributed by atoms with Gasteiger partial charge in [0.05, 0.1) is 17.3 Å². The molecule has 1 aromatic heterocycles. The maximum Gasteiger partial charge on any atom is 0.336 e. The Hall–Kier alpha value is -2.88. The molecule has 0 spiro atoms. The second kappa shape index (κ2) is 5.63. The molecule has 2 aromatic carbocycles. The molecule has 0 radical (unpaired) electrons. The summed E-state index contributed by atoms with van der Waals surface area (Å²) in [4.78, 5) is 15.4. The van der Waals surface area contributed by atoms with E-state index < -0.39 is 5.97 Å². The van der Waals surface area contributed by atoms with Crippen LogP contribution in [0.1, 0.15) is 15.9 Å². The average Bonchev–Trinajstić information content (AvgIpc) is 2.53.